The summed E-state index contributed by atoms with van der Waals surface area (Å²) in [4.78, 5) is 2.35. The predicted octanol–water partition coefficient (Wildman–Crippen LogP) is 2.85. The molecule has 1 N–H and O–H groups in total. The summed E-state index contributed by atoms with van der Waals surface area (Å²) in [6.45, 7) is 2.05. The van der Waals surface area contributed by atoms with E-state index in [4.69, 9.17) is 5.26 Å². The van der Waals surface area contributed by atoms with E-state index in [0.717, 1.165) is 25.9 Å². The lowest BCUT2D eigenvalue weighted by molar-refractivity contribution is 0.464. The van der Waals surface area contributed by atoms with Gasteiger partial charge in [-0.05, 0) is 42.9 Å². The van der Waals surface area contributed by atoms with Crippen molar-refractivity contribution in [1.82, 2.24) is 5.32 Å². The fourth-order valence-electron chi connectivity index (χ4n) is 3.56. The van der Waals surface area contributed by atoms with E-state index in [-0.39, 0.29) is 5.92 Å². The van der Waals surface area contributed by atoms with Crippen molar-refractivity contribution in [3.8, 4) is 6.07 Å². The molecule has 3 nitrogen and oxygen atoms in total. The van der Waals surface area contributed by atoms with Gasteiger partial charge >= 0.3 is 0 Å². The Morgan fingerprint density at radius 1 is 1.35 bits per heavy atom. The summed E-state index contributed by atoms with van der Waals surface area (Å²) in [6.07, 6.45) is 5.83. The van der Waals surface area contributed by atoms with Crippen LogP contribution in [0.3, 0.4) is 0 Å². The second kappa shape index (κ2) is 5.85. The molecule has 20 heavy (non-hydrogen) atoms. The summed E-state index contributed by atoms with van der Waals surface area (Å²) < 4.78 is 0. The highest BCUT2D eigenvalue weighted by atomic mass is 15.1. The van der Waals surface area contributed by atoms with Crippen LogP contribution in [0, 0.1) is 17.2 Å². The first-order valence-electron chi connectivity index (χ1n) is 7.74. The summed E-state index contributed by atoms with van der Waals surface area (Å²) >= 11 is 0. The van der Waals surface area contributed by atoms with Gasteiger partial charge in [0.15, 0.2) is 0 Å². The van der Waals surface area contributed by atoms with Crippen molar-refractivity contribution in [2.75, 3.05) is 18.5 Å². The Hall–Kier alpha value is -1.53. The van der Waals surface area contributed by atoms with E-state index in [2.05, 4.69) is 41.5 Å². The molecule has 0 aromatic heterocycles. The summed E-state index contributed by atoms with van der Waals surface area (Å²) in [5.74, 6) is 0.207. The topological polar surface area (TPSA) is 39.1 Å². The van der Waals surface area contributed by atoms with Crippen LogP contribution in [0.1, 0.15) is 36.8 Å². The third-order valence-electron chi connectivity index (χ3n) is 4.74. The monoisotopic (exact) mass is 269 g/mol. The van der Waals surface area contributed by atoms with Gasteiger partial charge in [0.2, 0.25) is 0 Å². The molecule has 0 spiro atoms. The maximum absolute atomic E-state index is 9.13. The average Bonchev–Trinajstić information content (AvgIpc) is 2.92. The lowest BCUT2D eigenvalue weighted by Crippen LogP contribution is -2.31. The zero-order valence-electron chi connectivity index (χ0n) is 12.2. The third kappa shape index (κ3) is 2.66. The largest absolute Gasteiger partial charge is 0.374 e. The number of aryl methyl sites for hydroxylation is 1. The number of hydrogen-bond donors (Lipinski definition) is 1. The smallest absolute Gasteiger partial charge is 0.0672 e. The summed E-state index contributed by atoms with van der Waals surface area (Å²) in [7, 11) is 2.17. The molecule has 1 aromatic carbocycles. The highest BCUT2D eigenvalue weighted by molar-refractivity contribution is 5.56. The van der Waals surface area contributed by atoms with Crippen LogP contribution >= 0.6 is 0 Å². The first-order chi connectivity index (χ1) is 9.78. The Morgan fingerprint density at radius 3 is 3.10 bits per heavy atom. The molecular formula is C17H23N3. The van der Waals surface area contributed by atoms with Crippen LogP contribution in [0.2, 0.25) is 0 Å². The molecule has 2 unspecified atom stereocenters. The van der Waals surface area contributed by atoms with Crippen molar-refractivity contribution in [3.05, 3.63) is 29.3 Å². The molecule has 0 bridgehead atoms. The zero-order valence-corrected chi connectivity index (χ0v) is 12.2. The molecule has 0 amide bonds. The molecule has 106 valence electrons. The van der Waals surface area contributed by atoms with Crippen molar-refractivity contribution < 1.29 is 0 Å². The van der Waals surface area contributed by atoms with Gasteiger partial charge in [-0.1, -0.05) is 18.6 Å². The standard InChI is InChI=1S/C17H23N3/c1-20-9-3-5-14-10-13(7-8-17(14)20)12-19-16-6-2-4-15(16)11-18/h7-8,10,15-16,19H,2-6,9,12H2,1H3. The van der Waals surface area contributed by atoms with Crippen LogP contribution in [-0.4, -0.2) is 19.6 Å². The van der Waals surface area contributed by atoms with Gasteiger partial charge in [0.05, 0.1) is 12.0 Å². The van der Waals surface area contributed by atoms with Crippen LogP contribution in [0.25, 0.3) is 0 Å². The number of rotatable bonds is 3. The average molecular weight is 269 g/mol. The van der Waals surface area contributed by atoms with E-state index in [9.17, 15) is 0 Å². The van der Waals surface area contributed by atoms with Crippen LogP contribution in [-0.2, 0) is 13.0 Å². The molecule has 3 heteroatoms. The summed E-state index contributed by atoms with van der Waals surface area (Å²) in [5, 5.41) is 12.7. The first-order valence-corrected chi connectivity index (χ1v) is 7.74. The third-order valence-corrected chi connectivity index (χ3v) is 4.74. The number of anilines is 1. The molecule has 3 rings (SSSR count). The Kier molecular flexibility index (Phi) is 3.93. The molecule has 0 radical (unpaired) electrons. The fourth-order valence-corrected chi connectivity index (χ4v) is 3.56. The zero-order chi connectivity index (χ0) is 13.9. The van der Waals surface area contributed by atoms with Gasteiger partial charge in [-0.15, -0.1) is 0 Å². The van der Waals surface area contributed by atoms with E-state index < -0.39 is 0 Å². The Morgan fingerprint density at radius 2 is 2.25 bits per heavy atom. The van der Waals surface area contributed by atoms with Gasteiger partial charge in [0.25, 0.3) is 0 Å². The highest BCUT2D eigenvalue weighted by Gasteiger charge is 2.26. The molecule has 2 atom stereocenters. The number of nitrogens with one attached hydrogen (secondary N) is 1. The number of fused-ring (bicyclic) bond motifs is 1. The SMILES string of the molecule is CN1CCCc2cc(CNC3CCCC3C#N)ccc21. The maximum Gasteiger partial charge on any atom is 0.0672 e. The quantitative estimate of drug-likeness (QED) is 0.917. The van der Waals surface area contributed by atoms with Gasteiger partial charge in [-0.2, -0.15) is 5.26 Å². The van der Waals surface area contributed by atoms with E-state index in [1.807, 2.05) is 0 Å². The van der Waals surface area contributed by atoms with Gasteiger partial charge in [-0.3, -0.25) is 0 Å². The normalized spacial score (nSPS) is 25.3. The lowest BCUT2D eigenvalue weighted by Gasteiger charge is -2.28. The van der Waals surface area contributed by atoms with E-state index in [1.165, 1.54) is 36.1 Å². The predicted molar refractivity (Wildman–Crippen MR) is 81.6 cm³/mol. The van der Waals surface area contributed by atoms with Crippen LogP contribution in [0.5, 0.6) is 0 Å². The molecule has 1 aliphatic heterocycles. The minimum absolute atomic E-state index is 0.207. The van der Waals surface area contributed by atoms with Crippen molar-refractivity contribution in [3.63, 3.8) is 0 Å². The second-order valence-corrected chi connectivity index (χ2v) is 6.14. The minimum atomic E-state index is 0.207. The van der Waals surface area contributed by atoms with Crippen LogP contribution < -0.4 is 10.2 Å². The highest BCUT2D eigenvalue weighted by Crippen LogP contribution is 2.28. The van der Waals surface area contributed by atoms with Crippen molar-refractivity contribution in [1.29, 1.82) is 5.26 Å². The number of nitriles is 1. The molecule has 0 saturated heterocycles. The van der Waals surface area contributed by atoms with E-state index >= 15 is 0 Å². The van der Waals surface area contributed by atoms with E-state index in [0.29, 0.717) is 6.04 Å². The Balaban J connectivity index is 1.65. The van der Waals surface area contributed by atoms with Gasteiger partial charge in [0.1, 0.15) is 0 Å². The second-order valence-electron chi connectivity index (χ2n) is 6.14. The molecule has 2 aliphatic rings. The first kappa shape index (κ1) is 13.5. The summed E-state index contributed by atoms with van der Waals surface area (Å²) in [6, 6.07) is 9.64. The van der Waals surface area contributed by atoms with E-state index in [1.54, 1.807) is 0 Å². The Bertz CT molecular complexity index is 517. The number of benzene rings is 1. The van der Waals surface area contributed by atoms with Crippen molar-refractivity contribution in [2.45, 2.75) is 44.7 Å². The molecule has 1 aliphatic carbocycles. The van der Waals surface area contributed by atoms with Crippen molar-refractivity contribution >= 4 is 5.69 Å². The number of nitrogens with zero attached hydrogens (tertiary/aromatic N) is 2. The van der Waals surface area contributed by atoms with Gasteiger partial charge in [-0.25, -0.2) is 0 Å². The van der Waals surface area contributed by atoms with Crippen LogP contribution in [0.4, 0.5) is 5.69 Å². The molecular weight excluding hydrogens is 246 g/mol. The van der Waals surface area contributed by atoms with Crippen molar-refractivity contribution in [2.24, 2.45) is 5.92 Å². The van der Waals surface area contributed by atoms with Crippen LogP contribution in [0.15, 0.2) is 18.2 Å². The molecule has 1 fully saturated rings. The lowest BCUT2D eigenvalue weighted by atomic mass is 9.99. The van der Waals surface area contributed by atoms with Gasteiger partial charge < -0.3 is 10.2 Å². The maximum atomic E-state index is 9.13. The molecule has 1 heterocycles. The minimum Gasteiger partial charge on any atom is -0.374 e. The number of hydrogen-bond acceptors (Lipinski definition) is 3. The molecule has 1 aromatic rings. The Labute approximate surface area is 121 Å². The molecule has 1 saturated carbocycles. The summed E-state index contributed by atoms with van der Waals surface area (Å²) in [5.41, 5.74) is 4.21. The van der Waals surface area contributed by atoms with Gasteiger partial charge in [0, 0.05) is 31.9 Å². The fraction of sp³-hybridized carbons (Fsp3) is 0.588.